The van der Waals surface area contributed by atoms with Gasteiger partial charge in [0.2, 0.25) is 0 Å². The van der Waals surface area contributed by atoms with E-state index in [1.165, 1.54) is 29.9 Å². The van der Waals surface area contributed by atoms with E-state index in [1.807, 2.05) is 30.3 Å². The summed E-state index contributed by atoms with van der Waals surface area (Å²) in [5.74, 6) is -0.381. The van der Waals surface area contributed by atoms with E-state index in [0.717, 1.165) is 12.1 Å². The van der Waals surface area contributed by atoms with E-state index >= 15 is 0 Å². The van der Waals surface area contributed by atoms with Crippen LogP contribution in [-0.4, -0.2) is 33.6 Å². The van der Waals surface area contributed by atoms with Crippen molar-refractivity contribution in [1.82, 2.24) is 15.0 Å². The summed E-state index contributed by atoms with van der Waals surface area (Å²) in [7, 11) is 1.45. The molecule has 172 valence electrons. The first-order chi connectivity index (χ1) is 16.3. The van der Waals surface area contributed by atoms with Crippen LogP contribution >= 0.6 is 0 Å². The lowest BCUT2D eigenvalue weighted by Crippen LogP contribution is -2.09. The number of alkyl halides is 3. The van der Waals surface area contributed by atoms with Crippen molar-refractivity contribution in [2.24, 2.45) is 9.98 Å². The Kier molecular flexibility index (Phi) is 6.36. The molecule has 0 N–H and O–H groups in total. The van der Waals surface area contributed by atoms with E-state index in [-0.39, 0.29) is 17.1 Å². The monoisotopic (exact) mass is 465 g/mol. The Morgan fingerprint density at radius 1 is 0.912 bits per heavy atom. The number of halogens is 4. The summed E-state index contributed by atoms with van der Waals surface area (Å²) in [5, 5.41) is 8.38. The van der Waals surface area contributed by atoms with Crippen molar-refractivity contribution in [3.8, 4) is 16.9 Å². The summed E-state index contributed by atoms with van der Waals surface area (Å²) in [6.07, 6.45) is -4.49. The quantitative estimate of drug-likeness (QED) is 0.212. The number of aromatic nitrogens is 3. The van der Waals surface area contributed by atoms with Crippen LogP contribution < -0.4 is 0 Å². The first-order valence-corrected chi connectivity index (χ1v) is 10.3. The highest BCUT2D eigenvalue weighted by molar-refractivity contribution is 6.12. The second kappa shape index (κ2) is 9.38. The Bertz CT molecular complexity index is 1370. The van der Waals surface area contributed by atoms with Crippen LogP contribution in [0.25, 0.3) is 16.9 Å². The van der Waals surface area contributed by atoms with Crippen molar-refractivity contribution in [3.05, 3.63) is 102 Å². The van der Waals surface area contributed by atoms with Crippen LogP contribution in [0.3, 0.4) is 0 Å². The lowest BCUT2D eigenvalue weighted by atomic mass is 10.1. The van der Waals surface area contributed by atoms with Crippen LogP contribution in [0.5, 0.6) is 0 Å². The number of hydrogen-bond donors (Lipinski definition) is 0. The summed E-state index contributed by atoms with van der Waals surface area (Å²) >= 11 is 0. The first-order valence-electron chi connectivity index (χ1n) is 10.3. The lowest BCUT2D eigenvalue weighted by Gasteiger charge is -2.10. The van der Waals surface area contributed by atoms with Gasteiger partial charge in [0, 0.05) is 18.2 Å². The molecule has 0 spiro atoms. The molecule has 0 saturated carbocycles. The molecule has 0 bridgehead atoms. The predicted molar refractivity (Wildman–Crippen MR) is 123 cm³/mol. The van der Waals surface area contributed by atoms with Crippen LogP contribution in [0.2, 0.25) is 0 Å². The van der Waals surface area contributed by atoms with Crippen molar-refractivity contribution < 1.29 is 17.6 Å². The zero-order valence-electron chi connectivity index (χ0n) is 18.3. The van der Waals surface area contributed by atoms with Gasteiger partial charge in [-0.2, -0.15) is 13.2 Å². The molecule has 0 aliphatic rings. The number of benzene rings is 3. The number of rotatable bonds is 4. The molecule has 4 rings (SSSR count). The maximum Gasteiger partial charge on any atom is 0.416 e. The normalized spacial score (nSPS) is 12.8. The largest absolute Gasteiger partial charge is 0.416 e. The Balaban J connectivity index is 1.84. The summed E-state index contributed by atoms with van der Waals surface area (Å²) in [4.78, 5) is 8.54. The number of nitrogens with zero attached hydrogens (tertiary/aromatic N) is 5. The van der Waals surface area contributed by atoms with Crippen LogP contribution in [0.4, 0.5) is 17.6 Å². The Morgan fingerprint density at radius 2 is 1.62 bits per heavy atom. The molecule has 3 aromatic carbocycles. The first kappa shape index (κ1) is 23.0. The topological polar surface area (TPSA) is 55.4 Å². The fourth-order valence-electron chi connectivity index (χ4n) is 3.46. The van der Waals surface area contributed by atoms with E-state index in [4.69, 9.17) is 0 Å². The molecule has 0 unspecified atom stereocenters. The highest BCUT2D eigenvalue weighted by Crippen LogP contribution is 2.30. The molecule has 1 aromatic heterocycles. The molecule has 1 heterocycles. The van der Waals surface area contributed by atoms with Crippen LogP contribution in [0, 0.1) is 5.82 Å². The van der Waals surface area contributed by atoms with Gasteiger partial charge in [0.15, 0.2) is 5.84 Å². The molecule has 0 aliphatic carbocycles. The van der Waals surface area contributed by atoms with Gasteiger partial charge in [-0.25, -0.2) is 14.1 Å². The third-order valence-corrected chi connectivity index (χ3v) is 5.07. The second-order valence-corrected chi connectivity index (χ2v) is 7.34. The van der Waals surface area contributed by atoms with E-state index in [0.29, 0.717) is 22.7 Å². The van der Waals surface area contributed by atoms with Gasteiger partial charge in [-0.15, -0.1) is 5.10 Å². The minimum absolute atomic E-state index is 0.100. The van der Waals surface area contributed by atoms with Gasteiger partial charge in [0.25, 0.3) is 0 Å². The fourth-order valence-corrected chi connectivity index (χ4v) is 3.46. The highest BCUT2D eigenvalue weighted by Gasteiger charge is 2.30. The molecular formula is C25H19F4N5. The van der Waals surface area contributed by atoms with E-state index in [1.54, 1.807) is 25.1 Å². The second-order valence-electron chi connectivity index (χ2n) is 7.34. The summed E-state index contributed by atoms with van der Waals surface area (Å²) in [5.41, 5.74) is 1.53. The standard InChI is InChI=1S/C25H19F4N5/c1-16(31-24(30-2)18-11-8-12-19(15-18)25(27,28)29)22-23(17-9-4-3-5-10-17)34(33-32-22)21-14-7-6-13-20(21)26/h3-15H,1-2H3. The Hall–Kier alpha value is -4.14. The Labute approximate surface area is 193 Å². The van der Waals surface area contributed by atoms with Gasteiger partial charge in [-0.05, 0) is 31.2 Å². The maximum atomic E-state index is 14.6. The highest BCUT2D eigenvalue weighted by atomic mass is 19.4. The molecule has 5 nitrogen and oxygen atoms in total. The van der Waals surface area contributed by atoms with Gasteiger partial charge in [-0.1, -0.05) is 59.8 Å². The molecule has 0 atom stereocenters. The maximum absolute atomic E-state index is 14.6. The molecule has 0 saturated heterocycles. The molecule has 0 amide bonds. The third-order valence-electron chi connectivity index (χ3n) is 5.07. The van der Waals surface area contributed by atoms with Crippen LogP contribution in [0.1, 0.15) is 23.7 Å². The van der Waals surface area contributed by atoms with Gasteiger partial charge in [0.1, 0.15) is 22.9 Å². The molecular weight excluding hydrogens is 446 g/mol. The van der Waals surface area contributed by atoms with Crippen molar-refractivity contribution in [3.63, 3.8) is 0 Å². The number of hydrogen-bond acceptors (Lipinski definition) is 3. The van der Waals surface area contributed by atoms with Crippen LogP contribution in [0.15, 0.2) is 88.8 Å². The lowest BCUT2D eigenvalue weighted by molar-refractivity contribution is -0.137. The molecule has 0 aliphatic heterocycles. The predicted octanol–water partition coefficient (Wildman–Crippen LogP) is 5.98. The number of para-hydroxylation sites is 1. The number of amidine groups is 1. The summed E-state index contributed by atoms with van der Waals surface area (Å²) < 4.78 is 55.5. The molecule has 9 heteroatoms. The molecule has 0 radical (unpaired) electrons. The zero-order valence-corrected chi connectivity index (χ0v) is 18.3. The molecule has 0 fully saturated rings. The average molecular weight is 465 g/mol. The van der Waals surface area contributed by atoms with Gasteiger partial charge < -0.3 is 0 Å². The van der Waals surface area contributed by atoms with Crippen molar-refractivity contribution in [2.45, 2.75) is 13.1 Å². The molecule has 4 aromatic rings. The molecule has 34 heavy (non-hydrogen) atoms. The van der Waals surface area contributed by atoms with Crippen molar-refractivity contribution >= 4 is 11.5 Å². The van der Waals surface area contributed by atoms with Crippen molar-refractivity contribution in [2.75, 3.05) is 7.05 Å². The summed E-state index contributed by atoms with van der Waals surface area (Å²) in [6, 6.07) is 20.1. The van der Waals surface area contributed by atoms with Crippen LogP contribution in [-0.2, 0) is 6.18 Å². The smallest absolute Gasteiger partial charge is 0.270 e. The zero-order chi connectivity index (χ0) is 24.3. The minimum Gasteiger partial charge on any atom is -0.270 e. The Morgan fingerprint density at radius 3 is 2.29 bits per heavy atom. The van der Waals surface area contributed by atoms with Gasteiger partial charge in [-0.3, -0.25) is 4.99 Å². The van der Waals surface area contributed by atoms with Crippen molar-refractivity contribution in [1.29, 1.82) is 0 Å². The SMILES string of the molecule is CN=C(N=C(C)c1nnn(-c2ccccc2F)c1-c1ccccc1)c1cccc(C(F)(F)F)c1. The fraction of sp³-hybridized carbons (Fsp3) is 0.120. The summed E-state index contributed by atoms with van der Waals surface area (Å²) in [6.45, 7) is 1.65. The van der Waals surface area contributed by atoms with E-state index < -0.39 is 17.6 Å². The van der Waals surface area contributed by atoms with E-state index in [2.05, 4.69) is 20.3 Å². The van der Waals surface area contributed by atoms with Gasteiger partial charge in [0.05, 0.1) is 11.3 Å². The third kappa shape index (κ3) is 4.63. The number of aliphatic imine (C=N–C) groups is 2. The van der Waals surface area contributed by atoms with E-state index in [9.17, 15) is 17.6 Å². The minimum atomic E-state index is -4.49. The van der Waals surface area contributed by atoms with Gasteiger partial charge >= 0.3 is 6.18 Å². The average Bonchev–Trinajstić information content (AvgIpc) is 3.28.